The molecule has 4 aromatic heterocycles. The van der Waals surface area contributed by atoms with E-state index < -0.39 is 0 Å². The summed E-state index contributed by atoms with van der Waals surface area (Å²) in [5, 5.41) is 0. The largest absolute Gasteiger partial charge is 0.309 e. The highest BCUT2D eigenvalue weighted by Gasteiger charge is 2.42. The maximum atomic E-state index is 4.81. The zero-order valence-electron chi connectivity index (χ0n) is 61.8. The quantitative estimate of drug-likeness (QED) is 0.149. The van der Waals surface area contributed by atoms with Gasteiger partial charge in [0.2, 0.25) is 0 Å². The van der Waals surface area contributed by atoms with Crippen LogP contribution in [0.25, 0.3) is 44.5 Å². The van der Waals surface area contributed by atoms with Crippen molar-refractivity contribution in [2.45, 2.75) is 77.0 Å². The molecule has 0 spiro atoms. The molecule has 0 radical (unpaired) electrons. The van der Waals surface area contributed by atoms with Crippen molar-refractivity contribution in [3.63, 3.8) is 0 Å². The summed E-state index contributed by atoms with van der Waals surface area (Å²) >= 11 is 0. The van der Waals surface area contributed by atoms with Crippen molar-refractivity contribution in [2.24, 2.45) is 0 Å². The Balaban J connectivity index is 0.0000000847. The van der Waals surface area contributed by atoms with E-state index in [1.165, 1.54) is 241 Å². The van der Waals surface area contributed by atoms with Crippen LogP contribution in [-0.2, 0) is 77.0 Å². The van der Waals surface area contributed by atoms with E-state index in [1.54, 1.807) is 0 Å². The molecule has 528 valence electrons. The van der Waals surface area contributed by atoms with Crippen molar-refractivity contribution in [1.29, 1.82) is 0 Å². The summed E-state index contributed by atoms with van der Waals surface area (Å²) in [4.78, 5) is 28.3. The number of benzene rings is 12. The summed E-state index contributed by atoms with van der Waals surface area (Å²) in [6.07, 6.45) is 23.8. The fraction of sp³-hybridized carbons (Fsp3) is 0.115. The van der Waals surface area contributed by atoms with Gasteiger partial charge in [0.05, 0.1) is 57.4 Å². The SMILES string of the molecule is c1ccc2c(c1)Cc1cc3c4c(c1-2)Cc1ccccc1N4c1cccnc1C3.c1ccc2c(c1)Cc1cc3c4c(c1-2)Cc1ccccc1N4c1ccncc1C3.c1ccc2c(c1)Cc1cc3c4c(c1-2)Cc1ccccc1N4c1cnccc1C3.c1ccc2c(c1)Cc1cc3c4c(c1-2)Cc1ccccc1N4c1ncccc1C3. The summed E-state index contributed by atoms with van der Waals surface area (Å²) < 4.78 is 0. The highest BCUT2D eigenvalue weighted by atomic mass is 15.2. The molecule has 0 fully saturated rings. The second kappa shape index (κ2) is 24.0. The number of para-hydroxylation sites is 4. The van der Waals surface area contributed by atoms with Crippen molar-refractivity contribution < 1.29 is 0 Å². The molecule has 0 saturated carbocycles. The fourth-order valence-electron chi connectivity index (χ4n) is 21.8. The lowest BCUT2D eigenvalue weighted by Crippen LogP contribution is -2.26. The van der Waals surface area contributed by atoms with Crippen LogP contribution in [0, 0.1) is 0 Å². The first kappa shape index (κ1) is 62.3. The minimum Gasteiger partial charge on any atom is -0.309 e. The molecule has 0 amide bonds. The van der Waals surface area contributed by atoms with Crippen LogP contribution in [0.4, 0.5) is 68.4 Å². The molecule has 28 rings (SSSR count). The first-order valence-electron chi connectivity index (χ1n) is 39.8. The third-order valence-corrected chi connectivity index (χ3v) is 26.1. The molecule has 12 aliphatic rings. The lowest BCUT2D eigenvalue weighted by atomic mass is 9.82. The van der Waals surface area contributed by atoms with E-state index in [9.17, 15) is 0 Å². The average Bonchev–Trinajstić information content (AvgIpc) is 1.71. The zero-order valence-corrected chi connectivity index (χ0v) is 61.8. The molecule has 4 aliphatic carbocycles. The average molecular weight is 1430 g/mol. The second-order valence-electron chi connectivity index (χ2n) is 32.2. The number of nitrogens with zero attached hydrogens (tertiary/aromatic N) is 8. The lowest BCUT2D eigenvalue weighted by molar-refractivity contribution is 0.968. The minimum atomic E-state index is 0.917. The van der Waals surface area contributed by atoms with Gasteiger partial charge in [-0.3, -0.25) is 19.9 Å². The molecular formula is C104H72N8. The molecule has 8 nitrogen and oxygen atoms in total. The number of rotatable bonds is 0. The van der Waals surface area contributed by atoms with Crippen LogP contribution in [0.2, 0.25) is 0 Å². The lowest BCUT2D eigenvalue weighted by Gasteiger charge is -2.40. The van der Waals surface area contributed by atoms with E-state index in [2.05, 4.69) is 284 Å². The summed E-state index contributed by atoms with van der Waals surface area (Å²) in [7, 11) is 0. The number of hydrogen-bond donors (Lipinski definition) is 0. The predicted octanol–water partition coefficient (Wildman–Crippen LogP) is 23.7. The Hall–Kier alpha value is -13.6. The van der Waals surface area contributed by atoms with E-state index in [0.29, 0.717) is 0 Å². The Morgan fingerprint density at radius 1 is 0.196 bits per heavy atom. The molecule has 0 bridgehead atoms. The first-order chi connectivity index (χ1) is 55.5. The minimum absolute atomic E-state index is 0.917. The molecular weight excluding hydrogens is 1360 g/mol. The van der Waals surface area contributed by atoms with Gasteiger partial charge in [0.25, 0.3) is 0 Å². The fourth-order valence-corrected chi connectivity index (χ4v) is 21.8. The monoisotopic (exact) mass is 1430 g/mol. The maximum Gasteiger partial charge on any atom is 0.141 e. The van der Waals surface area contributed by atoms with Gasteiger partial charge >= 0.3 is 0 Å². The smallest absolute Gasteiger partial charge is 0.141 e. The van der Waals surface area contributed by atoms with Crippen LogP contribution in [-0.4, -0.2) is 19.9 Å². The first-order valence-corrected chi connectivity index (χ1v) is 39.8. The molecule has 0 unspecified atom stereocenters. The molecule has 12 heterocycles. The molecule has 12 aromatic carbocycles. The van der Waals surface area contributed by atoms with Crippen LogP contribution in [0.15, 0.2) is 292 Å². The van der Waals surface area contributed by atoms with Gasteiger partial charge in [0, 0.05) is 99.4 Å². The summed E-state index contributed by atoms with van der Waals surface area (Å²) in [5.41, 5.74) is 60.3. The third-order valence-electron chi connectivity index (χ3n) is 26.1. The van der Waals surface area contributed by atoms with Crippen molar-refractivity contribution >= 4 is 68.4 Å². The Bertz CT molecular complexity index is 5980. The van der Waals surface area contributed by atoms with Gasteiger partial charge in [-0.25, -0.2) is 4.98 Å². The maximum absolute atomic E-state index is 4.81. The molecule has 0 atom stereocenters. The van der Waals surface area contributed by atoms with Gasteiger partial charge in [-0.15, -0.1) is 0 Å². The van der Waals surface area contributed by atoms with Gasteiger partial charge in [0.15, 0.2) is 0 Å². The van der Waals surface area contributed by atoms with Gasteiger partial charge in [-0.05, 0) is 253 Å². The molecule has 16 aromatic rings. The summed E-state index contributed by atoms with van der Waals surface area (Å²) in [5.74, 6) is 1.09. The molecule has 112 heavy (non-hydrogen) atoms. The molecule has 8 heteroatoms. The zero-order chi connectivity index (χ0) is 73.0. The molecule has 0 saturated heterocycles. The normalized spacial score (nSPS) is 14.6. The summed E-state index contributed by atoms with van der Waals surface area (Å²) in [6, 6.07) is 93.8. The number of pyridine rings is 4. The predicted molar refractivity (Wildman–Crippen MR) is 451 cm³/mol. The Labute approximate surface area is 651 Å². The Morgan fingerprint density at radius 2 is 0.509 bits per heavy atom. The molecule has 0 N–H and O–H groups in total. The third kappa shape index (κ3) is 9.12. The summed E-state index contributed by atoms with van der Waals surface area (Å²) in [6.45, 7) is 0. The topological polar surface area (TPSA) is 64.5 Å². The van der Waals surface area contributed by atoms with Crippen LogP contribution < -0.4 is 19.6 Å². The standard InChI is InChI=1S/4C26H18N2/c1-3-9-21-16(6-1)12-19-14-20-13-18-8-5-11-27-26(18)28-23-10-4-2-7-17(23)15-22(24(19)21)25(20)28;1-3-8-20-16(6-1)12-18-13-19-15-22-24(10-5-11-27-22)28-23-9-4-2-7-17(23)14-21(25(18)20)26(19)28;1-3-7-21-16(5-1)11-18-12-19-13-20-15-27-10-9-24(20)28-23-8-4-2-6-17(23)14-22(25(18)21)26(19)28;1-3-7-21-16(5-1)11-19-13-20-12-18-9-10-27-15-24(18)28-23-8-4-2-6-17(23)14-22(25(19)21)26(20)28/h1-11,14H,12-13,15H2;1-11,13H,12,14-15H2;1-10,12,15H,11,13-14H2;1-10,13,15H,11-12,14H2. The van der Waals surface area contributed by atoms with E-state index in [4.69, 9.17) is 9.97 Å². The number of anilines is 12. The number of fused-ring (bicyclic) bond motifs is 32. The van der Waals surface area contributed by atoms with Gasteiger partial charge in [-0.2, -0.15) is 0 Å². The number of hydrogen-bond acceptors (Lipinski definition) is 8. The van der Waals surface area contributed by atoms with E-state index in [-0.39, 0.29) is 0 Å². The van der Waals surface area contributed by atoms with Gasteiger partial charge < -0.3 is 14.7 Å². The van der Waals surface area contributed by atoms with E-state index in [1.807, 2.05) is 37.2 Å². The van der Waals surface area contributed by atoms with E-state index >= 15 is 0 Å². The van der Waals surface area contributed by atoms with E-state index in [0.717, 1.165) is 82.9 Å². The van der Waals surface area contributed by atoms with Gasteiger partial charge in [-0.1, -0.05) is 200 Å². The second-order valence-corrected chi connectivity index (χ2v) is 32.2. The van der Waals surface area contributed by atoms with Crippen LogP contribution in [0.5, 0.6) is 0 Å². The Morgan fingerprint density at radius 3 is 0.991 bits per heavy atom. The van der Waals surface area contributed by atoms with Crippen LogP contribution >= 0.6 is 0 Å². The van der Waals surface area contributed by atoms with Crippen molar-refractivity contribution in [3.05, 3.63) is 426 Å². The van der Waals surface area contributed by atoms with Crippen molar-refractivity contribution in [2.75, 3.05) is 19.6 Å². The highest BCUT2D eigenvalue weighted by molar-refractivity contribution is 6.00. The number of aromatic nitrogens is 4. The highest BCUT2D eigenvalue weighted by Crippen LogP contribution is 2.61. The van der Waals surface area contributed by atoms with Crippen molar-refractivity contribution in [1.82, 2.24) is 19.9 Å². The van der Waals surface area contributed by atoms with Crippen molar-refractivity contribution in [3.8, 4) is 44.5 Å². The van der Waals surface area contributed by atoms with Crippen LogP contribution in [0.3, 0.4) is 0 Å². The molecule has 8 aliphatic heterocycles. The Kier molecular flexibility index (Phi) is 13.3. The van der Waals surface area contributed by atoms with Crippen LogP contribution in [0.1, 0.15) is 134 Å². The van der Waals surface area contributed by atoms with Gasteiger partial charge in [0.1, 0.15) is 5.82 Å².